The number of hydrazine groups is 1. The van der Waals surface area contributed by atoms with Gasteiger partial charge in [-0.25, -0.2) is 4.98 Å². The molecule has 7 heteroatoms. The number of carbonyl (C=O) groups is 2. The zero-order valence-corrected chi connectivity index (χ0v) is 17.0. The molecule has 0 unspecified atom stereocenters. The van der Waals surface area contributed by atoms with Crippen LogP contribution in [-0.4, -0.2) is 23.4 Å². The van der Waals surface area contributed by atoms with Gasteiger partial charge in [-0.15, -0.1) is 0 Å². The number of nitrogens with one attached hydrogen (secondary N) is 2. The second kappa shape index (κ2) is 9.75. The van der Waals surface area contributed by atoms with Crippen molar-refractivity contribution in [3.05, 3.63) is 83.6 Å². The Morgan fingerprint density at radius 2 is 1.76 bits per heavy atom. The molecular weight excluding hydrogens is 386 g/mol. The molecule has 2 N–H and O–H groups in total. The molecule has 2 aromatic carbocycles. The van der Waals surface area contributed by atoms with E-state index in [1.54, 1.807) is 24.4 Å². The van der Waals surface area contributed by atoms with Crippen molar-refractivity contribution in [1.29, 1.82) is 0 Å². The number of pyridine rings is 1. The van der Waals surface area contributed by atoms with Crippen molar-refractivity contribution in [2.24, 2.45) is 0 Å². The summed E-state index contributed by atoms with van der Waals surface area (Å²) in [6.45, 7) is 3.77. The molecule has 0 bridgehead atoms. The molecule has 0 saturated carbocycles. The molecule has 6 nitrogen and oxygen atoms in total. The van der Waals surface area contributed by atoms with E-state index < -0.39 is 11.8 Å². The van der Waals surface area contributed by atoms with E-state index in [9.17, 15) is 9.59 Å². The molecule has 0 fully saturated rings. The largest absolute Gasteiger partial charge is 0.484 e. The quantitative estimate of drug-likeness (QED) is 0.609. The third kappa shape index (κ3) is 5.83. The van der Waals surface area contributed by atoms with Crippen LogP contribution in [-0.2, 0) is 4.79 Å². The number of nitrogens with zero attached hydrogens (tertiary/aromatic N) is 1. The summed E-state index contributed by atoms with van der Waals surface area (Å²) in [5, 5.41) is 0.553. The van der Waals surface area contributed by atoms with E-state index in [0.29, 0.717) is 16.3 Å². The van der Waals surface area contributed by atoms with E-state index in [4.69, 9.17) is 4.74 Å². The summed E-state index contributed by atoms with van der Waals surface area (Å²) in [5.41, 5.74) is 7.38. The number of carbonyl (C=O) groups excluding carboxylic acids is 2. The molecule has 3 rings (SSSR count). The molecule has 0 spiro atoms. The average molecular weight is 407 g/mol. The summed E-state index contributed by atoms with van der Waals surface area (Å²) in [6, 6.07) is 18.6. The normalized spacial score (nSPS) is 10.3. The van der Waals surface area contributed by atoms with Crippen LogP contribution in [0.5, 0.6) is 5.75 Å². The summed E-state index contributed by atoms with van der Waals surface area (Å²) in [5.74, 6) is -0.308. The molecule has 148 valence electrons. The van der Waals surface area contributed by atoms with Gasteiger partial charge in [0.25, 0.3) is 11.8 Å². The first-order valence-electron chi connectivity index (χ1n) is 9.00. The van der Waals surface area contributed by atoms with Crippen LogP contribution in [0.3, 0.4) is 0 Å². The van der Waals surface area contributed by atoms with Gasteiger partial charge in [0, 0.05) is 11.1 Å². The topological polar surface area (TPSA) is 80.3 Å². The van der Waals surface area contributed by atoms with Crippen LogP contribution >= 0.6 is 11.8 Å². The van der Waals surface area contributed by atoms with E-state index in [1.807, 2.05) is 56.3 Å². The lowest BCUT2D eigenvalue weighted by molar-refractivity contribution is -0.123. The Morgan fingerprint density at radius 1 is 0.966 bits per heavy atom. The Kier molecular flexibility index (Phi) is 6.86. The van der Waals surface area contributed by atoms with Crippen molar-refractivity contribution < 1.29 is 14.3 Å². The molecular formula is C22H21N3O3S. The lowest BCUT2D eigenvalue weighted by atomic mass is 10.1. The first-order valence-corrected chi connectivity index (χ1v) is 9.82. The highest BCUT2D eigenvalue weighted by atomic mass is 32.2. The van der Waals surface area contributed by atoms with E-state index in [-0.39, 0.29) is 6.61 Å². The summed E-state index contributed by atoms with van der Waals surface area (Å²) in [7, 11) is 0. The summed E-state index contributed by atoms with van der Waals surface area (Å²) < 4.78 is 5.46. The predicted octanol–water partition coefficient (Wildman–Crippen LogP) is 3.69. The van der Waals surface area contributed by atoms with Crippen molar-refractivity contribution in [1.82, 2.24) is 15.8 Å². The van der Waals surface area contributed by atoms with E-state index in [1.165, 1.54) is 11.8 Å². The minimum Gasteiger partial charge on any atom is -0.484 e. The number of benzene rings is 2. The smallest absolute Gasteiger partial charge is 0.276 e. The summed E-state index contributed by atoms with van der Waals surface area (Å²) in [6.07, 6.45) is 1.62. The van der Waals surface area contributed by atoms with Gasteiger partial charge < -0.3 is 4.74 Å². The average Bonchev–Trinajstić information content (AvgIpc) is 2.74. The number of hydrogen-bond donors (Lipinski definition) is 2. The lowest BCUT2D eigenvalue weighted by Crippen LogP contribution is -2.44. The Labute approximate surface area is 173 Å². The highest BCUT2D eigenvalue weighted by molar-refractivity contribution is 7.99. The maximum atomic E-state index is 12.5. The maximum Gasteiger partial charge on any atom is 0.276 e. The monoisotopic (exact) mass is 407 g/mol. The lowest BCUT2D eigenvalue weighted by Gasteiger charge is -2.11. The van der Waals surface area contributed by atoms with Gasteiger partial charge in [-0.3, -0.25) is 20.4 Å². The van der Waals surface area contributed by atoms with Gasteiger partial charge in [0.1, 0.15) is 10.8 Å². The number of aromatic nitrogens is 1. The fraction of sp³-hybridized carbons (Fsp3) is 0.136. The third-order valence-electron chi connectivity index (χ3n) is 4.14. The number of aryl methyl sites for hydroxylation is 2. The maximum absolute atomic E-state index is 12.5. The van der Waals surface area contributed by atoms with Crippen LogP contribution < -0.4 is 15.6 Å². The van der Waals surface area contributed by atoms with Gasteiger partial charge in [-0.2, -0.15) is 0 Å². The summed E-state index contributed by atoms with van der Waals surface area (Å²) in [4.78, 5) is 29.7. The van der Waals surface area contributed by atoms with Gasteiger partial charge >= 0.3 is 0 Å². The van der Waals surface area contributed by atoms with Crippen molar-refractivity contribution >= 4 is 23.6 Å². The molecule has 0 aliphatic carbocycles. The standard InChI is InChI=1S/C22H21N3O3S/c1-15-10-11-17(13-16(15)2)28-14-20(26)24-25-21(27)19-9-6-12-23-22(19)29-18-7-4-3-5-8-18/h3-13H,14H2,1-2H3,(H,24,26)(H,25,27). The molecule has 0 saturated heterocycles. The SMILES string of the molecule is Cc1ccc(OCC(=O)NNC(=O)c2cccnc2Sc2ccccc2)cc1C. The summed E-state index contributed by atoms with van der Waals surface area (Å²) >= 11 is 1.38. The van der Waals surface area contributed by atoms with Crippen LogP contribution in [0, 0.1) is 13.8 Å². The van der Waals surface area contributed by atoms with Crippen LogP contribution in [0.4, 0.5) is 0 Å². The Bertz CT molecular complexity index is 1010. The second-order valence-corrected chi connectivity index (χ2v) is 7.37. The number of amides is 2. The van der Waals surface area contributed by atoms with E-state index >= 15 is 0 Å². The first-order chi connectivity index (χ1) is 14.0. The van der Waals surface area contributed by atoms with E-state index in [2.05, 4.69) is 15.8 Å². The van der Waals surface area contributed by atoms with Crippen LogP contribution in [0.2, 0.25) is 0 Å². The molecule has 3 aromatic rings. The second-order valence-electron chi connectivity index (χ2n) is 6.31. The van der Waals surface area contributed by atoms with Gasteiger partial charge in [-0.05, 0) is 61.4 Å². The van der Waals surface area contributed by atoms with Crippen LogP contribution in [0.1, 0.15) is 21.5 Å². The van der Waals surface area contributed by atoms with Crippen molar-refractivity contribution in [2.45, 2.75) is 23.8 Å². The zero-order chi connectivity index (χ0) is 20.6. The molecule has 0 atom stereocenters. The Morgan fingerprint density at radius 3 is 2.52 bits per heavy atom. The van der Waals surface area contributed by atoms with Crippen molar-refractivity contribution in [3.8, 4) is 5.75 Å². The van der Waals surface area contributed by atoms with E-state index in [0.717, 1.165) is 16.0 Å². The fourth-order valence-electron chi connectivity index (χ4n) is 2.43. The van der Waals surface area contributed by atoms with Crippen LogP contribution in [0.25, 0.3) is 0 Å². The van der Waals surface area contributed by atoms with Crippen molar-refractivity contribution in [2.75, 3.05) is 6.61 Å². The third-order valence-corrected chi connectivity index (χ3v) is 5.16. The minimum absolute atomic E-state index is 0.207. The molecule has 0 radical (unpaired) electrons. The molecule has 1 heterocycles. The zero-order valence-electron chi connectivity index (χ0n) is 16.1. The number of rotatable bonds is 6. The minimum atomic E-state index is -0.460. The molecule has 0 aliphatic rings. The molecule has 29 heavy (non-hydrogen) atoms. The highest BCUT2D eigenvalue weighted by Gasteiger charge is 2.14. The predicted molar refractivity (Wildman–Crippen MR) is 112 cm³/mol. The molecule has 2 amide bonds. The first kappa shape index (κ1) is 20.4. The number of ether oxygens (including phenoxy) is 1. The Balaban J connectivity index is 1.55. The fourth-order valence-corrected chi connectivity index (χ4v) is 3.33. The molecule has 1 aromatic heterocycles. The highest BCUT2D eigenvalue weighted by Crippen LogP contribution is 2.28. The van der Waals surface area contributed by atoms with Gasteiger partial charge in [0.15, 0.2) is 6.61 Å². The van der Waals surface area contributed by atoms with Gasteiger partial charge in [0.05, 0.1) is 5.56 Å². The van der Waals surface area contributed by atoms with Crippen LogP contribution in [0.15, 0.2) is 76.8 Å². The molecule has 0 aliphatic heterocycles. The van der Waals surface area contributed by atoms with Gasteiger partial charge in [-0.1, -0.05) is 36.0 Å². The Hall–Kier alpha value is -3.32. The number of hydrogen-bond acceptors (Lipinski definition) is 5. The van der Waals surface area contributed by atoms with Crippen molar-refractivity contribution in [3.63, 3.8) is 0 Å². The van der Waals surface area contributed by atoms with Gasteiger partial charge in [0.2, 0.25) is 0 Å².